The molecular weight excluding hydrogens is 368 g/mol. The Balaban J connectivity index is 2.35. The van der Waals surface area contributed by atoms with Crippen LogP contribution in [-0.4, -0.2) is 34.6 Å². The van der Waals surface area contributed by atoms with Crippen LogP contribution >= 0.6 is 0 Å². The van der Waals surface area contributed by atoms with Crippen molar-refractivity contribution in [1.82, 2.24) is 5.32 Å². The molecule has 0 spiro atoms. The normalized spacial score (nSPS) is 11.2. The van der Waals surface area contributed by atoms with Crippen LogP contribution in [0, 0.1) is 6.92 Å². The number of amides is 1. The van der Waals surface area contributed by atoms with Crippen molar-refractivity contribution in [3.8, 4) is 11.5 Å². The van der Waals surface area contributed by atoms with Crippen LogP contribution in [0.2, 0.25) is 0 Å². The molecule has 27 heavy (non-hydrogen) atoms. The Morgan fingerprint density at radius 2 is 1.67 bits per heavy atom. The Bertz CT molecular complexity index is 939. The van der Waals surface area contributed by atoms with Crippen molar-refractivity contribution in [3.05, 3.63) is 47.5 Å². The maximum absolute atomic E-state index is 12.7. The van der Waals surface area contributed by atoms with Crippen molar-refractivity contribution in [2.75, 3.05) is 18.9 Å². The highest BCUT2D eigenvalue weighted by molar-refractivity contribution is 7.92. The van der Waals surface area contributed by atoms with Gasteiger partial charge in [0.1, 0.15) is 0 Å². The molecule has 0 aliphatic heterocycles. The van der Waals surface area contributed by atoms with Gasteiger partial charge in [-0.25, -0.2) is 8.42 Å². The summed E-state index contributed by atoms with van der Waals surface area (Å²) in [5, 5.41) is 2.77. The van der Waals surface area contributed by atoms with Crippen molar-refractivity contribution >= 4 is 21.6 Å². The average molecular weight is 392 g/mol. The molecule has 0 atom stereocenters. The summed E-state index contributed by atoms with van der Waals surface area (Å²) in [7, 11) is -0.920. The highest BCUT2D eigenvalue weighted by Crippen LogP contribution is 2.31. The zero-order valence-corrected chi connectivity index (χ0v) is 16.8. The molecule has 0 radical (unpaired) electrons. The number of hydrogen-bond acceptors (Lipinski definition) is 5. The van der Waals surface area contributed by atoms with Crippen LogP contribution in [0.25, 0.3) is 0 Å². The number of carbonyl (C=O) groups is 1. The van der Waals surface area contributed by atoms with E-state index >= 15 is 0 Å². The van der Waals surface area contributed by atoms with Crippen LogP contribution in [-0.2, 0) is 10.0 Å². The van der Waals surface area contributed by atoms with Crippen LogP contribution in [0.4, 0.5) is 5.69 Å². The smallest absolute Gasteiger partial charge is 0.261 e. The fourth-order valence-corrected chi connectivity index (χ4v) is 3.54. The predicted molar refractivity (Wildman–Crippen MR) is 104 cm³/mol. The summed E-state index contributed by atoms with van der Waals surface area (Å²) in [6.07, 6.45) is 0. The molecule has 8 heteroatoms. The summed E-state index contributed by atoms with van der Waals surface area (Å²) in [4.78, 5) is 12.3. The first-order valence-corrected chi connectivity index (χ1v) is 9.82. The van der Waals surface area contributed by atoms with Crippen LogP contribution in [0.1, 0.15) is 29.8 Å². The molecule has 2 N–H and O–H groups in total. The van der Waals surface area contributed by atoms with Gasteiger partial charge in [-0.05, 0) is 50.6 Å². The molecule has 0 unspecified atom stereocenters. The molecule has 2 aromatic rings. The Morgan fingerprint density at radius 1 is 1.00 bits per heavy atom. The van der Waals surface area contributed by atoms with E-state index in [0.29, 0.717) is 28.3 Å². The zero-order valence-electron chi connectivity index (χ0n) is 16.0. The summed E-state index contributed by atoms with van der Waals surface area (Å²) in [5.41, 5.74) is 1.33. The summed E-state index contributed by atoms with van der Waals surface area (Å²) in [6.45, 7) is 5.44. The van der Waals surface area contributed by atoms with Gasteiger partial charge in [0.05, 0.1) is 24.8 Å². The number of anilines is 1. The van der Waals surface area contributed by atoms with Crippen molar-refractivity contribution in [2.45, 2.75) is 31.7 Å². The lowest BCUT2D eigenvalue weighted by Gasteiger charge is -2.14. The third kappa shape index (κ3) is 4.91. The molecule has 0 saturated carbocycles. The maximum atomic E-state index is 12.7. The monoisotopic (exact) mass is 392 g/mol. The molecule has 2 rings (SSSR count). The number of hydrogen-bond donors (Lipinski definition) is 2. The molecular formula is C19H24N2O5S. The maximum Gasteiger partial charge on any atom is 0.261 e. The molecule has 0 aliphatic rings. The number of sulfonamides is 1. The largest absolute Gasteiger partial charge is 0.493 e. The SMILES string of the molecule is COc1ccc(NS(=O)(=O)c2ccc(C)c(C(=O)NC(C)C)c2)cc1OC. The van der Waals surface area contributed by atoms with Crippen molar-refractivity contribution in [3.63, 3.8) is 0 Å². The standard InChI is InChI=1S/C19H24N2O5S/c1-12(2)20-19(22)16-11-15(8-6-13(16)3)27(23,24)21-14-7-9-17(25-4)18(10-14)26-5/h6-12,21H,1-5H3,(H,20,22). The molecule has 0 heterocycles. The van der Waals surface area contributed by atoms with Gasteiger partial charge in [0, 0.05) is 17.7 Å². The minimum atomic E-state index is -3.89. The fourth-order valence-electron chi connectivity index (χ4n) is 2.47. The van der Waals surface area contributed by atoms with E-state index in [9.17, 15) is 13.2 Å². The zero-order chi connectivity index (χ0) is 20.2. The molecule has 2 aromatic carbocycles. The van der Waals surface area contributed by atoms with E-state index in [1.54, 1.807) is 25.1 Å². The molecule has 1 amide bonds. The number of benzene rings is 2. The summed E-state index contributed by atoms with van der Waals surface area (Å²) < 4.78 is 38.3. The predicted octanol–water partition coefficient (Wildman–Crippen LogP) is 2.95. The van der Waals surface area contributed by atoms with Crippen molar-refractivity contribution in [1.29, 1.82) is 0 Å². The lowest BCUT2D eigenvalue weighted by Crippen LogP contribution is -2.30. The molecule has 0 aromatic heterocycles. The number of carbonyl (C=O) groups excluding carboxylic acids is 1. The van der Waals surface area contributed by atoms with Gasteiger partial charge < -0.3 is 14.8 Å². The first-order chi connectivity index (χ1) is 12.7. The molecule has 0 bridgehead atoms. The van der Waals surface area contributed by atoms with E-state index in [1.807, 2.05) is 13.8 Å². The van der Waals surface area contributed by atoms with Gasteiger partial charge >= 0.3 is 0 Å². The quantitative estimate of drug-likeness (QED) is 0.756. The second-order valence-electron chi connectivity index (χ2n) is 6.28. The van der Waals surface area contributed by atoms with Crippen molar-refractivity contribution in [2.24, 2.45) is 0 Å². The second kappa shape index (κ2) is 8.30. The number of rotatable bonds is 7. The minimum Gasteiger partial charge on any atom is -0.493 e. The van der Waals surface area contributed by atoms with E-state index in [-0.39, 0.29) is 16.8 Å². The first kappa shape index (κ1) is 20.6. The lowest BCUT2D eigenvalue weighted by atomic mass is 10.1. The van der Waals surface area contributed by atoms with Crippen LogP contribution in [0.3, 0.4) is 0 Å². The lowest BCUT2D eigenvalue weighted by molar-refractivity contribution is 0.0942. The highest BCUT2D eigenvalue weighted by Gasteiger charge is 2.19. The van der Waals surface area contributed by atoms with Crippen LogP contribution < -0.4 is 19.5 Å². The third-order valence-corrected chi connectivity index (χ3v) is 5.20. The van der Waals surface area contributed by atoms with E-state index in [2.05, 4.69) is 10.0 Å². The van der Waals surface area contributed by atoms with Gasteiger partial charge in [-0.3, -0.25) is 9.52 Å². The van der Waals surface area contributed by atoms with E-state index in [0.717, 1.165) is 0 Å². The molecule has 7 nitrogen and oxygen atoms in total. The first-order valence-electron chi connectivity index (χ1n) is 8.34. The van der Waals surface area contributed by atoms with Gasteiger partial charge in [-0.15, -0.1) is 0 Å². The van der Waals surface area contributed by atoms with Gasteiger partial charge in [0.2, 0.25) is 0 Å². The Labute approximate surface area is 159 Å². The molecule has 146 valence electrons. The fraction of sp³-hybridized carbons (Fsp3) is 0.316. The average Bonchev–Trinajstić information content (AvgIpc) is 2.60. The number of aryl methyl sites for hydroxylation is 1. The summed E-state index contributed by atoms with van der Waals surface area (Å²) in [5.74, 6) is 0.577. The molecule has 0 saturated heterocycles. The molecule has 0 fully saturated rings. The minimum absolute atomic E-state index is 0.00297. The number of nitrogens with one attached hydrogen (secondary N) is 2. The van der Waals surface area contributed by atoms with Gasteiger partial charge in [-0.2, -0.15) is 0 Å². The summed E-state index contributed by atoms with van der Waals surface area (Å²) >= 11 is 0. The van der Waals surface area contributed by atoms with Gasteiger partial charge in [-0.1, -0.05) is 6.07 Å². The molecule has 0 aliphatic carbocycles. The number of ether oxygens (including phenoxy) is 2. The number of methoxy groups -OCH3 is 2. The van der Waals surface area contributed by atoms with Gasteiger partial charge in [0.25, 0.3) is 15.9 Å². The van der Waals surface area contributed by atoms with E-state index in [4.69, 9.17) is 9.47 Å². The Hall–Kier alpha value is -2.74. The van der Waals surface area contributed by atoms with Crippen molar-refractivity contribution < 1.29 is 22.7 Å². The van der Waals surface area contributed by atoms with Gasteiger partial charge in [0.15, 0.2) is 11.5 Å². The summed E-state index contributed by atoms with van der Waals surface area (Å²) in [6, 6.07) is 9.09. The van der Waals surface area contributed by atoms with E-state index < -0.39 is 10.0 Å². The second-order valence-corrected chi connectivity index (χ2v) is 7.96. The Morgan fingerprint density at radius 3 is 2.26 bits per heavy atom. The Kier molecular flexibility index (Phi) is 6.32. The topological polar surface area (TPSA) is 93.7 Å². The van der Waals surface area contributed by atoms with E-state index in [1.165, 1.54) is 32.4 Å². The highest BCUT2D eigenvalue weighted by atomic mass is 32.2. The third-order valence-electron chi connectivity index (χ3n) is 3.82. The van der Waals surface area contributed by atoms with Crippen LogP contribution in [0.15, 0.2) is 41.3 Å². The van der Waals surface area contributed by atoms with Crippen LogP contribution in [0.5, 0.6) is 11.5 Å².